The van der Waals surface area contributed by atoms with Gasteiger partial charge in [-0.15, -0.1) is 11.8 Å². The number of piperazine rings is 1. The quantitative estimate of drug-likeness (QED) is 0.831. The number of hydrogen-bond donors (Lipinski definition) is 1. The molecule has 2 aliphatic rings. The van der Waals surface area contributed by atoms with E-state index in [9.17, 15) is 0 Å². The van der Waals surface area contributed by atoms with Crippen molar-refractivity contribution in [2.45, 2.75) is 55.5 Å². The van der Waals surface area contributed by atoms with Crippen LogP contribution in [-0.4, -0.2) is 30.9 Å². The Labute approximate surface area is 127 Å². The molecule has 20 heavy (non-hydrogen) atoms. The topological polar surface area (TPSA) is 15.3 Å². The van der Waals surface area contributed by atoms with Gasteiger partial charge in [-0.25, -0.2) is 0 Å². The first kappa shape index (κ1) is 14.3. The summed E-state index contributed by atoms with van der Waals surface area (Å²) in [7, 11) is 0. The van der Waals surface area contributed by atoms with Crippen LogP contribution in [0.4, 0.5) is 5.69 Å². The van der Waals surface area contributed by atoms with Gasteiger partial charge in [-0.3, -0.25) is 0 Å². The number of hydrogen-bond acceptors (Lipinski definition) is 3. The van der Waals surface area contributed by atoms with Crippen LogP contribution in [0.3, 0.4) is 0 Å². The van der Waals surface area contributed by atoms with E-state index < -0.39 is 0 Å². The van der Waals surface area contributed by atoms with E-state index in [0.717, 1.165) is 6.54 Å². The first-order valence-electron chi connectivity index (χ1n) is 7.88. The Bertz CT molecular complexity index is 454. The summed E-state index contributed by atoms with van der Waals surface area (Å²) in [5.41, 5.74) is 1.77. The van der Waals surface area contributed by atoms with Crippen LogP contribution >= 0.6 is 11.8 Å². The van der Waals surface area contributed by atoms with Crippen molar-refractivity contribution in [1.82, 2.24) is 5.32 Å². The maximum atomic E-state index is 3.87. The molecule has 1 heterocycles. The molecular weight excluding hydrogens is 264 g/mol. The summed E-state index contributed by atoms with van der Waals surface area (Å²) in [4.78, 5) is 3.99. The average molecular weight is 290 g/mol. The van der Waals surface area contributed by atoms with Gasteiger partial charge in [0.05, 0.1) is 0 Å². The molecule has 0 amide bonds. The lowest BCUT2D eigenvalue weighted by atomic mass is 9.79. The van der Waals surface area contributed by atoms with E-state index in [1.807, 2.05) is 11.8 Å². The fourth-order valence-corrected chi connectivity index (χ4v) is 4.16. The van der Waals surface area contributed by atoms with Crippen molar-refractivity contribution in [1.29, 1.82) is 0 Å². The standard InChI is InChI=1S/C17H26N2S/c1-14-12-18-17(9-4-3-5-10-17)13-19(14)15-7-6-8-16(11-15)20-2/h6-8,11,14,18H,3-5,9-10,12-13H2,1-2H3. The summed E-state index contributed by atoms with van der Waals surface area (Å²) in [5, 5.41) is 3.87. The molecule has 0 radical (unpaired) electrons. The molecule has 3 heteroatoms. The van der Waals surface area contributed by atoms with E-state index >= 15 is 0 Å². The molecule has 1 aromatic rings. The van der Waals surface area contributed by atoms with Gasteiger partial charge in [-0.2, -0.15) is 0 Å². The molecule has 1 aliphatic heterocycles. The maximum absolute atomic E-state index is 3.87. The Hall–Kier alpha value is -0.670. The Morgan fingerprint density at radius 1 is 1.25 bits per heavy atom. The highest BCUT2D eigenvalue weighted by Crippen LogP contribution is 2.34. The zero-order valence-corrected chi connectivity index (χ0v) is 13.5. The van der Waals surface area contributed by atoms with Crippen molar-refractivity contribution >= 4 is 17.4 Å². The lowest BCUT2D eigenvalue weighted by molar-refractivity contribution is 0.200. The van der Waals surface area contributed by atoms with Gasteiger partial charge in [0.1, 0.15) is 0 Å². The van der Waals surface area contributed by atoms with E-state index in [-0.39, 0.29) is 0 Å². The fraction of sp³-hybridized carbons (Fsp3) is 0.647. The molecule has 1 N–H and O–H groups in total. The summed E-state index contributed by atoms with van der Waals surface area (Å²) in [6, 6.07) is 9.61. The second-order valence-corrected chi connectivity index (χ2v) is 7.28. The molecule has 1 unspecified atom stereocenters. The van der Waals surface area contributed by atoms with Gasteiger partial charge in [-0.1, -0.05) is 25.3 Å². The van der Waals surface area contributed by atoms with E-state index in [2.05, 4.69) is 47.7 Å². The molecule has 110 valence electrons. The molecule has 1 atom stereocenters. The lowest BCUT2D eigenvalue weighted by Crippen LogP contribution is -2.64. The number of benzene rings is 1. The van der Waals surface area contributed by atoms with Gasteiger partial charge in [0, 0.05) is 35.3 Å². The number of anilines is 1. The number of nitrogens with one attached hydrogen (secondary N) is 1. The lowest BCUT2D eigenvalue weighted by Gasteiger charge is -2.50. The van der Waals surface area contributed by atoms with Crippen molar-refractivity contribution in [3.8, 4) is 0 Å². The third kappa shape index (κ3) is 2.84. The maximum Gasteiger partial charge on any atom is 0.0387 e. The first-order valence-corrected chi connectivity index (χ1v) is 9.11. The van der Waals surface area contributed by atoms with Crippen molar-refractivity contribution < 1.29 is 0 Å². The van der Waals surface area contributed by atoms with Gasteiger partial charge in [0.15, 0.2) is 0 Å². The van der Waals surface area contributed by atoms with Crippen LogP contribution in [0.5, 0.6) is 0 Å². The second-order valence-electron chi connectivity index (χ2n) is 6.40. The van der Waals surface area contributed by atoms with Gasteiger partial charge < -0.3 is 10.2 Å². The molecule has 0 bridgehead atoms. The molecule has 1 saturated carbocycles. The summed E-state index contributed by atoms with van der Waals surface area (Å²) < 4.78 is 0. The highest BCUT2D eigenvalue weighted by Gasteiger charge is 2.38. The van der Waals surface area contributed by atoms with Gasteiger partial charge in [0.25, 0.3) is 0 Å². The SMILES string of the molecule is CSc1cccc(N2CC3(CCCCC3)NCC2C)c1. The van der Waals surface area contributed by atoms with E-state index in [1.165, 1.54) is 49.2 Å². The minimum absolute atomic E-state index is 0.375. The molecule has 1 aliphatic carbocycles. The predicted molar refractivity (Wildman–Crippen MR) is 88.8 cm³/mol. The summed E-state index contributed by atoms with van der Waals surface area (Å²) in [6.45, 7) is 4.63. The molecule has 1 aromatic carbocycles. The number of nitrogens with zero attached hydrogens (tertiary/aromatic N) is 1. The molecule has 1 saturated heterocycles. The van der Waals surface area contributed by atoms with Crippen LogP contribution in [0.25, 0.3) is 0 Å². The van der Waals surface area contributed by atoms with Crippen LogP contribution in [0.2, 0.25) is 0 Å². The van der Waals surface area contributed by atoms with Crippen molar-refractivity contribution in [3.05, 3.63) is 24.3 Å². The van der Waals surface area contributed by atoms with Crippen LogP contribution in [0, 0.1) is 0 Å². The predicted octanol–water partition coefficient (Wildman–Crippen LogP) is 3.91. The Morgan fingerprint density at radius 2 is 2.05 bits per heavy atom. The first-order chi connectivity index (χ1) is 9.72. The van der Waals surface area contributed by atoms with Crippen molar-refractivity contribution in [3.63, 3.8) is 0 Å². The minimum Gasteiger partial charge on any atom is -0.366 e. The largest absolute Gasteiger partial charge is 0.366 e. The minimum atomic E-state index is 0.375. The number of rotatable bonds is 2. The van der Waals surface area contributed by atoms with Crippen LogP contribution in [-0.2, 0) is 0 Å². The Morgan fingerprint density at radius 3 is 2.80 bits per heavy atom. The third-order valence-electron chi connectivity index (χ3n) is 4.97. The molecule has 3 rings (SSSR count). The summed E-state index contributed by atoms with van der Waals surface area (Å²) >= 11 is 1.83. The summed E-state index contributed by atoms with van der Waals surface area (Å²) in [6.07, 6.45) is 9.04. The zero-order valence-electron chi connectivity index (χ0n) is 12.7. The zero-order chi connectivity index (χ0) is 14.0. The van der Waals surface area contributed by atoms with Gasteiger partial charge in [-0.05, 0) is 44.2 Å². The molecule has 0 aromatic heterocycles. The Balaban J connectivity index is 1.82. The smallest absolute Gasteiger partial charge is 0.0387 e. The Kier molecular flexibility index (Phi) is 4.27. The highest BCUT2D eigenvalue weighted by molar-refractivity contribution is 7.98. The van der Waals surface area contributed by atoms with E-state index in [0.29, 0.717) is 11.6 Å². The number of thioether (sulfide) groups is 1. The normalized spacial score (nSPS) is 25.9. The fourth-order valence-electron chi connectivity index (χ4n) is 3.71. The molecule has 2 nitrogen and oxygen atoms in total. The van der Waals surface area contributed by atoms with Crippen LogP contribution < -0.4 is 10.2 Å². The monoisotopic (exact) mass is 290 g/mol. The molecule has 2 fully saturated rings. The highest BCUT2D eigenvalue weighted by atomic mass is 32.2. The van der Waals surface area contributed by atoms with E-state index in [1.54, 1.807) is 0 Å². The van der Waals surface area contributed by atoms with Crippen LogP contribution in [0.15, 0.2) is 29.2 Å². The third-order valence-corrected chi connectivity index (χ3v) is 5.70. The average Bonchev–Trinajstić information content (AvgIpc) is 2.51. The van der Waals surface area contributed by atoms with Crippen molar-refractivity contribution in [2.75, 3.05) is 24.2 Å². The molecular formula is C17H26N2S. The van der Waals surface area contributed by atoms with Crippen LogP contribution in [0.1, 0.15) is 39.0 Å². The second kappa shape index (κ2) is 5.98. The van der Waals surface area contributed by atoms with E-state index in [4.69, 9.17) is 0 Å². The molecule has 1 spiro atoms. The van der Waals surface area contributed by atoms with Gasteiger partial charge >= 0.3 is 0 Å². The van der Waals surface area contributed by atoms with Gasteiger partial charge in [0.2, 0.25) is 0 Å². The van der Waals surface area contributed by atoms with Crippen molar-refractivity contribution in [2.24, 2.45) is 0 Å². The summed E-state index contributed by atoms with van der Waals surface area (Å²) in [5.74, 6) is 0.